The lowest BCUT2D eigenvalue weighted by atomic mass is 10.0. The minimum atomic E-state index is -0.458. The van der Waals surface area contributed by atoms with Gasteiger partial charge in [-0.1, -0.05) is 38.1 Å². The second-order valence-corrected chi connectivity index (χ2v) is 4.03. The van der Waals surface area contributed by atoms with Crippen molar-refractivity contribution in [2.75, 3.05) is 0 Å². The molecular formula is C13H17N3O. The molecular weight excluding hydrogens is 214 g/mol. The van der Waals surface area contributed by atoms with Crippen LogP contribution in [0.2, 0.25) is 0 Å². The number of carbonyl (C=O) groups excluding carboxylic acids is 1. The van der Waals surface area contributed by atoms with Gasteiger partial charge in [0, 0.05) is 6.08 Å². The van der Waals surface area contributed by atoms with E-state index >= 15 is 0 Å². The van der Waals surface area contributed by atoms with Gasteiger partial charge in [0.1, 0.15) is 0 Å². The molecule has 0 spiro atoms. The molecule has 0 aliphatic heterocycles. The molecule has 90 valence electrons. The second-order valence-electron chi connectivity index (χ2n) is 4.03. The summed E-state index contributed by atoms with van der Waals surface area (Å²) >= 11 is 0. The van der Waals surface area contributed by atoms with Crippen LogP contribution in [-0.4, -0.2) is 11.9 Å². The normalized spacial score (nSPS) is 10.8. The number of guanidine groups is 1. The molecule has 0 aliphatic rings. The molecule has 0 saturated heterocycles. The molecule has 0 fully saturated rings. The summed E-state index contributed by atoms with van der Waals surface area (Å²) in [6, 6.07) is 7.97. The predicted octanol–water partition coefficient (Wildman–Crippen LogP) is 1.62. The maximum Gasteiger partial charge on any atom is 0.272 e. The number of nitrogens with two attached hydrogens (primary N) is 2. The van der Waals surface area contributed by atoms with E-state index in [4.69, 9.17) is 11.5 Å². The largest absolute Gasteiger partial charge is 0.370 e. The van der Waals surface area contributed by atoms with Gasteiger partial charge in [0.25, 0.3) is 5.91 Å². The first-order chi connectivity index (χ1) is 7.99. The summed E-state index contributed by atoms with van der Waals surface area (Å²) in [4.78, 5) is 14.6. The lowest BCUT2D eigenvalue weighted by Gasteiger charge is -2.05. The standard InChI is InChI=1S/C13H17N3O/c1-9(2)11-5-3-4-10(8-11)6-7-12(17)16-13(14)15/h3-9H,1-2H3,(H4,14,15,16,17)/b7-6+. The first kappa shape index (κ1) is 13.0. The van der Waals surface area contributed by atoms with Gasteiger partial charge in [-0.2, -0.15) is 4.99 Å². The molecule has 4 nitrogen and oxygen atoms in total. The van der Waals surface area contributed by atoms with Crippen LogP contribution >= 0.6 is 0 Å². The van der Waals surface area contributed by atoms with Crippen LogP contribution in [0.25, 0.3) is 6.08 Å². The molecule has 0 radical (unpaired) electrons. The van der Waals surface area contributed by atoms with Gasteiger partial charge < -0.3 is 11.5 Å². The van der Waals surface area contributed by atoms with Gasteiger partial charge in [0.15, 0.2) is 5.96 Å². The van der Waals surface area contributed by atoms with E-state index in [1.165, 1.54) is 11.6 Å². The Kier molecular flexibility index (Phi) is 4.46. The van der Waals surface area contributed by atoms with Crippen LogP contribution in [0.3, 0.4) is 0 Å². The summed E-state index contributed by atoms with van der Waals surface area (Å²) < 4.78 is 0. The zero-order valence-corrected chi connectivity index (χ0v) is 10.1. The SMILES string of the molecule is CC(C)c1cccc(/C=C/C(=O)N=C(N)N)c1. The van der Waals surface area contributed by atoms with Gasteiger partial charge in [-0.05, 0) is 23.1 Å². The molecule has 0 unspecified atom stereocenters. The van der Waals surface area contributed by atoms with Crippen molar-refractivity contribution in [3.8, 4) is 0 Å². The van der Waals surface area contributed by atoms with Crippen LogP contribution in [0, 0.1) is 0 Å². The number of amides is 1. The zero-order valence-electron chi connectivity index (χ0n) is 10.1. The number of rotatable bonds is 3. The van der Waals surface area contributed by atoms with Crippen molar-refractivity contribution in [2.45, 2.75) is 19.8 Å². The van der Waals surface area contributed by atoms with Crippen molar-refractivity contribution in [2.24, 2.45) is 16.5 Å². The molecule has 4 heteroatoms. The average molecular weight is 231 g/mol. The average Bonchev–Trinajstić information content (AvgIpc) is 2.26. The van der Waals surface area contributed by atoms with Crippen molar-refractivity contribution in [3.63, 3.8) is 0 Å². The minimum absolute atomic E-state index is 0.226. The summed E-state index contributed by atoms with van der Waals surface area (Å²) in [6.45, 7) is 4.24. The molecule has 17 heavy (non-hydrogen) atoms. The number of hydrogen-bond donors (Lipinski definition) is 2. The molecule has 1 amide bonds. The fourth-order valence-electron chi connectivity index (χ4n) is 1.35. The monoisotopic (exact) mass is 231 g/mol. The highest BCUT2D eigenvalue weighted by atomic mass is 16.1. The van der Waals surface area contributed by atoms with Crippen LogP contribution in [0.4, 0.5) is 0 Å². The van der Waals surface area contributed by atoms with Crippen LogP contribution in [-0.2, 0) is 4.79 Å². The van der Waals surface area contributed by atoms with Crippen molar-refractivity contribution in [3.05, 3.63) is 41.5 Å². The number of benzene rings is 1. The molecule has 1 rings (SSSR count). The van der Waals surface area contributed by atoms with Gasteiger partial charge >= 0.3 is 0 Å². The third-order valence-corrected chi connectivity index (χ3v) is 2.24. The Balaban J connectivity index is 2.81. The maximum absolute atomic E-state index is 11.2. The highest BCUT2D eigenvalue weighted by molar-refractivity contribution is 5.99. The molecule has 0 atom stereocenters. The summed E-state index contributed by atoms with van der Waals surface area (Å²) in [6.07, 6.45) is 3.04. The third kappa shape index (κ3) is 4.51. The van der Waals surface area contributed by atoms with Crippen LogP contribution in [0.15, 0.2) is 35.3 Å². The lowest BCUT2D eigenvalue weighted by molar-refractivity contribution is -0.113. The Labute approximate surface area is 101 Å². The van der Waals surface area contributed by atoms with Crippen LogP contribution in [0.1, 0.15) is 30.9 Å². The highest BCUT2D eigenvalue weighted by Crippen LogP contribution is 2.16. The van der Waals surface area contributed by atoms with E-state index in [0.29, 0.717) is 5.92 Å². The Morgan fingerprint density at radius 3 is 2.65 bits per heavy atom. The van der Waals surface area contributed by atoms with Gasteiger partial charge in [-0.3, -0.25) is 4.79 Å². The van der Waals surface area contributed by atoms with Crippen molar-refractivity contribution < 1.29 is 4.79 Å². The van der Waals surface area contributed by atoms with E-state index in [0.717, 1.165) is 5.56 Å². The van der Waals surface area contributed by atoms with E-state index < -0.39 is 5.91 Å². The van der Waals surface area contributed by atoms with Crippen molar-refractivity contribution >= 4 is 17.9 Å². The van der Waals surface area contributed by atoms with Gasteiger partial charge in [-0.15, -0.1) is 0 Å². The van der Waals surface area contributed by atoms with Gasteiger partial charge in [-0.25, -0.2) is 0 Å². The fraction of sp³-hybridized carbons (Fsp3) is 0.231. The van der Waals surface area contributed by atoms with E-state index in [2.05, 4.69) is 24.9 Å². The zero-order chi connectivity index (χ0) is 12.8. The van der Waals surface area contributed by atoms with E-state index in [9.17, 15) is 4.79 Å². The molecule has 0 bridgehead atoms. The third-order valence-electron chi connectivity index (χ3n) is 2.24. The molecule has 1 aromatic carbocycles. The smallest absolute Gasteiger partial charge is 0.272 e. The Bertz CT molecular complexity index is 457. The fourth-order valence-corrected chi connectivity index (χ4v) is 1.35. The topological polar surface area (TPSA) is 81.5 Å². The van der Waals surface area contributed by atoms with Crippen molar-refractivity contribution in [1.82, 2.24) is 0 Å². The summed E-state index contributed by atoms with van der Waals surface area (Å²) in [5.41, 5.74) is 12.4. The molecule has 0 aliphatic carbocycles. The molecule has 0 saturated carbocycles. The van der Waals surface area contributed by atoms with Gasteiger partial charge in [0.2, 0.25) is 0 Å². The Morgan fingerprint density at radius 1 is 1.35 bits per heavy atom. The second kappa shape index (κ2) is 5.84. The van der Waals surface area contributed by atoms with Crippen LogP contribution < -0.4 is 11.5 Å². The number of hydrogen-bond acceptors (Lipinski definition) is 1. The Morgan fingerprint density at radius 2 is 2.06 bits per heavy atom. The summed E-state index contributed by atoms with van der Waals surface area (Å²) in [5, 5.41) is 0. The van der Waals surface area contributed by atoms with Crippen LogP contribution in [0.5, 0.6) is 0 Å². The van der Waals surface area contributed by atoms with E-state index in [1.807, 2.05) is 18.2 Å². The number of carbonyl (C=O) groups is 1. The summed E-state index contributed by atoms with van der Waals surface area (Å²) in [7, 11) is 0. The predicted molar refractivity (Wildman–Crippen MR) is 70.4 cm³/mol. The summed E-state index contributed by atoms with van der Waals surface area (Å²) in [5.74, 6) is -0.229. The van der Waals surface area contributed by atoms with Gasteiger partial charge in [0.05, 0.1) is 0 Å². The van der Waals surface area contributed by atoms with E-state index in [1.54, 1.807) is 6.08 Å². The quantitative estimate of drug-likeness (QED) is 0.471. The molecule has 0 aromatic heterocycles. The molecule has 1 aromatic rings. The Hall–Kier alpha value is -2.10. The number of nitrogens with zero attached hydrogens (tertiary/aromatic N) is 1. The highest BCUT2D eigenvalue weighted by Gasteiger charge is 1.99. The number of aliphatic imine (C=N–C) groups is 1. The first-order valence-electron chi connectivity index (χ1n) is 5.40. The maximum atomic E-state index is 11.2. The molecule has 0 heterocycles. The lowest BCUT2D eigenvalue weighted by Crippen LogP contribution is -2.23. The molecule has 4 N–H and O–H groups in total. The minimum Gasteiger partial charge on any atom is -0.370 e. The van der Waals surface area contributed by atoms with E-state index in [-0.39, 0.29) is 5.96 Å². The first-order valence-corrected chi connectivity index (χ1v) is 5.40. The van der Waals surface area contributed by atoms with Crippen molar-refractivity contribution in [1.29, 1.82) is 0 Å².